The standard InChI is InChI=1S/C29H33FN4O4/c30-27-10-9-21(18-31-27)26-15-24(23-3-1-2-4-25(23)34-26)28(35)32-16-19-5-7-20(8-6-19)17-33-29(36)38-22-11-13-37-14-12-22/h1-4,9-10,15,18-20,22H,5-8,11-14,16-17H2,(H,32,35)(H,33,36). The van der Waals surface area contributed by atoms with Crippen molar-refractivity contribution in [3.05, 3.63) is 60.2 Å². The Labute approximate surface area is 221 Å². The molecule has 2 N–H and O–H groups in total. The maximum Gasteiger partial charge on any atom is 0.407 e. The summed E-state index contributed by atoms with van der Waals surface area (Å²) in [6.45, 7) is 2.49. The van der Waals surface area contributed by atoms with Crippen LogP contribution in [0.15, 0.2) is 48.7 Å². The monoisotopic (exact) mass is 520 g/mol. The fourth-order valence-corrected chi connectivity index (χ4v) is 5.22. The zero-order valence-corrected chi connectivity index (χ0v) is 21.3. The summed E-state index contributed by atoms with van der Waals surface area (Å²) >= 11 is 0. The lowest BCUT2D eigenvalue weighted by Gasteiger charge is -2.29. The van der Waals surface area contributed by atoms with E-state index in [1.165, 1.54) is 12.3 Å². The summed E-state index contributed by atoms with van der Waals surface area (Å²) in [5, 5.41) is 6.81. The Morgan fingerprint density at radius 3 is 2.37 bits per heavy atom. The van der Waals surface area contributed by atoms with Crippen LogP contribution in [0.1, 0.15) is 48.9 Å². The maximum absolute atomic E-state index is 13.3. The van der Waals surface area contributed by atoms with Crippen molar-refractivity contribution in [2.45, 2.75) is 44.6 Å². The van der Waals surface area contributed by atoms with E-state index in [1.54, 1.807) is 12.1 Å². The van der Waals surface area contributed by atoms with Crippen molar-refractivity contribution < 1.29 is 23.5 Å². The molecule has 1 aliphatic carbocycles. The molecule has 9 heteroatoms. The number of aromatic nitrogens is 2. The molecule has 0 radical (unpaired) electrons. The number of hydrogen-bond acceptors (Lipinski definition) is 6. The van der Waals surface area contributed by atoms with E-state index in [0.29, 0.717) is 60.5 Å². The van der Waals surface area contributed by atoms with E-state index in [2.05, 4.69) is 20.6 Å². The number of hydrogen-bond donors (Lipinski definition) is 2. The van der Waals surface area contributed by atoms with Crippen LogP contribution in [-0.4, -0.2) is 54.4 Å². The number of alkyl carbamates (subject to hydrolysis) is 1. The summed E-state index contributed by atoms with van der Waals surface area (Å²) in [7, 11) is 0. The molecule has 38 heavy (non-hydrogen) atoms. The van der Waals surface area contributed by atoms with E-state index >= 15 is 0 Å². The van der Waals surface area contributed by atoms with Crippen LogP contribution in [0.3, 0.4) is 0 Å². The molecule has 0 spiro atoms. The zero-order chi connectivity index (χ0) is 26.3. The van der Waals surface area contributed by atoms with Gasteiger partial charge in [0.05, 0.1) is 30.0 Å². The van der Waals surface area contributed by atoms with Crippen LogP contribution >= 0.6 is 0 Å². The van der Waals surface area contributed by atoms with Gasteiger partial charge in [0.2, 0.25) is 5.95 Å². The number of pyridine rings is 2. The number of fused-ring (bicyclic) bond motifs is 1. The molecule has 8 nitrogen and oxygen atoms in total. The second-order valence-corrected chi connectivity index (χ2v) is 10.1. The smallest absolute Gasteiger partial charge is 0.407 e. The first kappa shape index (κ1) is 26.0. The topological polar surface area (TPSA) is 102 Å². The van der Waals surface area contributed by atoms with Crippen molar-refractivity contribution in [2.75, 3.05) is 26.3 Å². The average molecular weight is 521 g/mol. The molecule has 200 valence electrons. The van der Waals surface area contributed by atoms with Gasteiger partial charge in [-0.1, -0.05) is 18.2 Å². The van der Waals surface area contributed by atoms with Gasteiger partial charge in [0, 0.05) is 43.1 Å². The van der Waals surface area contributed by atoms with Crippen LogP contribution in [0.5, 0.6) is 0 Å². The lowest BCUT2D eigenvalue weighted by atomic mass is 9.82. The van der Waals surface area contributed by atoms with Gasteiger partial charge in [-0.2, -0.15) is 4.39 Å². The minimum Gasteiger partial charge on any atom is -0.446 e. The first-order chi connectivity index (χ1) is 18.5. The van der Waals surface area contributed by atoms with Crippen LogP contribution in [0, 0.1) is 17.8 Å². The fourth-order valence-electron chi connectivity index (χ4n) is 5.22. The van der Waals surface area contributed by atoms with Crippen LogP contribution in [-0.2, 0) is 9.47 Å². The van der Waals surface area contributed by atoms with Gasteiger partial charge in [0.1, 0.15) is 6.10 Å². The number of rotatable bonds is 7. The quantitative estimate of drug-likeness (QED) is 0.431. The molecule has 0 bridgehead atoms. The second kappa shape index (κ2) is 12.3. The maximum atomic E-state index is 13.3. The van der Waals surface area contributed by atoms with E-state index in [-0.39, 0.29) is 18.1 Å². The predicted octanol–water partition coefficient (Wildman–Crippen LogP) is 4.88. The molecule has 5 rings (SSSR count). The largest absolute Gasteiger partial charge is 0.446 e. The Hall–Kier alpha value is -3.59. The summed E-state index contributed by atoms with van der Waals surface area (Å²) in [4.78, 5) is 33.7. The van der Waals surface area contributed by atoms with E-state index in [1.807, 2.05) is 24.3 Å². The SMILES string of the molecule is O=C(NCC1CCC(CNC(=O)c2cc(-c3ccc(F)nc3)nc3ccccc23)CC1)OC1CCOCC1. The average Bonchev–Trinajstić information content (AvgIpc) is 2.95. The summed E-state index contributed by atoms with van der Waals surface area (Å²) in [6.07, 6.45) is 6.52. The molecular weight excluding hydrogens is 487 g/mol. The van der Waals surface area contributed by atoms with Gasteiger partial charge < -0.3 is 20.1 Å². The van der Waals surface area contributed by atoms with Crippen LogP contribution in [0.4, 0.5) is 9.18 Å². The molecule has 2 amide bonds. The molecule has 2 fully saturated rings. The number of halogens is 1. The Balaban J connectivity index is 1.13. The van der Waals surface area contributed by atoms with Gasteiger partial charge in [0.15, 0.2) is 0 Å². The highest BCUT2D eigenvalue weighted by molar-refractivity contribution is 6.07. The number of carbonyl (C=O) groups excluding carboxylic acids is 2. The summed E-state index contributed by atoms with van der Waals surface area (Å²) < 4.78 is 24.1. The summed E-state index contributed by atoms with van der Waals surface area (Å²) in [5.41, 5.74) is 2.46. The molecule has 3 aromatic rings. The fraction of sp³-hybridized carbons (Fsp3) is 0.448. The number of amides is 2. The highest BCUT2D eigenvalue weighted by Gasteiger charge is 2.24. The Morgan fingerprint density at radius 1 is 0.947 bits per heavy atom. The van der Waals surface area contributed by atoms with Gasteiger partial charge in [0.25, 0.3) is 5.91 Å². The molecule has 1 aliphatic heterocycles. The number of benzene rings is 1. The molecule has 0 atom stereocenters. The molecule has 0 unspecified atom stereocenters. The summed E-state index contributed by atoms with van der Waals surface area (Å²) in [5.74, 6) is 0.0889. The zero-order valence-electron chi connectivity index (χ0n) is 21.3. The van der Waals surface area contributed by atoms with Crippen LogP contribution in [0.2, 0.25) is 0 Å². The molecule has 2 aliphatic rings. The third kappa shape index (κ3) is 6.64. The number of nitrogens with zero attached hydrogens (tertiary/aromatic N) is 2. The first-order valence-electron chi connectivity index (χ1n) is 13.4. The molecule has 1 aromatic carbocycles. The highest BCUT2D eigenvalue weighted by Crippen LogP contribution is 2.29. The number of nitrogens with one attached hydrogen (secondary N) is 2. The van der Waals surface area contributed by atoms with Gasteiger partial charge >= 0.3 is 6.09 Å². The van der Waals surface area contributed by atoms with Crippen LogP contribution < -0.4 is 10.6 Å². The van der Waals surface area contributed by atoms with Crippen LogP contribution in [0.25, 0.3) is 22.2 Å². The van der Waals surface area contributed by atoms with Gasteiger partial charge in [-0.25, -0.2) is 14.8 Å². The van der Waals surface area contributed by atoms with Gasteiger partial charge in [-0.05, 0) is 61.8 Å². The molecule has 2 aromatic heterocycles. The normalized spacial score (nSPS) is 20.1. The second-order valence-electron chi connectivity index (χ2n) is 10.1. The Morgan fingerprint density at radius 2 is 1.66 bits per heavy atom. The van der Waals surface area contributed by atoms with Crippen molar-refractivity contribution in [1.29, 1.82) is 0 Å². The molecule has 3 heterocycles. The number of carbonyl (C=O) groups is 2. The van der Waals surface area contributed by atoms with E-state index in [0.717, 1.165) is 43.9 Å². The Kier molecular flexibility index (Phi) is 8.43. The molecular formula is C29H33FN4O4. The van der Waals surface area contributed by atoms with E-state index in [4.69, 9.17) is 9.47 Å². The van der Waals surface area contributed by atoms with Crippen molar-refractivity contribution in [3.8, 4) is 11.3 Å². The third-order valence-electron chi connectivity index (χ3n) is 7.48. The first-order valence-corrected chi connectivity index (χ1v) is 13.4. The molecule has 1 saturated heterocycles. The van der Waals surface area contributed by atoms with Crippen molar-refractivity contribution >= 4 is 22.9 Å². The summed E-state index contributed by atoms with van der Waals surface area (Å²) in [6, 6.07) is 12.1. The van der Waals surface area contributed by atoms with E-state index < -0.39 is 5.95 Å². The van der Waals surface area contributed by atoms with E-state index in [9.17, 15) is 14.0 Å². The number of ether oxygens (including phenoxy) is 2. The molecule has 1 saturated carbocycles. The number of para-hydroxylation sites is 1. The highest BCUT2D eigenvalue weighted by atomic mass is 19.1. The lowest BCUT2D eigenvalue weighted by Crippen LogP contribution is -2.37. The third-order valence-corrected chi connectivity index (χ3v) is 7.48. The van der Waals surface area contributed by atoms with Crippen molar-refractivity contribution in [2.24, 2.45) is 11.8 Å². The minimum absolute atomic E-state index is 0.0518. The predicted molar refractivity (Wildman–Crippen MR) is 141 cm³/mol. The minimum atomic E-state index is -0.562. The van der Waals surface area contributed by atoms with Gasteiger partial charge in [-0.15, -0.1) is 0 Å². The van der Waals surface area contributed by atoms with Crippen molar-refractivity contribution in [1.82, 2.24) is 20.6 Å². The Bertz CT molecular complexity index is 1260. The van der Waals surface area contributed by atoms with Crippen molar-refractivity contribution in [3.63, 3.8) is 0 Å². The lowest BCUT2D eigenvalue weighted by molar-refractivity contribution is 0.00123. The van der Waals surface area contributed by atoms with Gasteiger partial charge in [-0.3, -0.25) is 4.79 Å².